The number of phenols is 1. The van der Waals surface area contributed by atoms with Crippen LogP contribution in [0.3, 0.4) is 0 Å². The van der Waals surface area contributed by atoms with Crippen molar-refractivity contribution in [1.29, 1.82) is 0 Å². The first kappa shape index (κ1) is 20.7. The minimum absolute atomic E-state index is 0.104. The summed E-state index contributed by atoms with van der Waals surface area (Å²) in [4.78, 5) is 9.82. The number of rotatable bonds is 4. The smallest absolute Gasteiger partial charge is 0.170 e. The molecule has 5 heteroatoms. The lowest BCUT2D eigenvalue weighted by atomic mass is 10.0. The second-order valence-electron chi connectivity index (χ2n) is 8.02. The summed E-state index contributed by atoms with van der Waals surface area (Å²) in [5.74, 6) is 2.01. The summed E-state index contributed by atoms with van der Waals surface area (Å²) in [6.07, 6.45) is -0.408. The number of aryl methyl sites for hydroxylation is 4. The van der Waals surface area contributed by atoms with Crippen molar-refractivity contribution in [3.63, 3.8) is 0 Å². The summed E-state index contributed by atoms with van der Waals surface area (Å²) in [6.45, 7) is 8.31. The van der Waals surface area contributed by atoms with Crippen LogP contribution in [0.2, 0.25) is 0 Å². The van der Waals surface area contributed by atoms with Crippen molar-refractivity contribution in [1.82, 2.24) is 5.32 Å². The zero-order chi connectivity index (χ0) is 22.1. The van der Waals surface area contributed by atoms with Gasteiger partial charge in [-0.3, -0.25) is 0 Å². The summed E-state index contributed by atoms with van der Waals surface area (Å²) < 4.78 is 5.23. The molecule has 158 valence electrons. The number of amidine groups is 2. The van der Waals surface area contributed by atoms with Gasteiger partial charge in [0.1, 0.15) is 23.2 Å². The molecule has 0 aromatic heterocycles. The molecule has 0 spiro atoms. The van der Waals surface area contributed by atoms with E-state index in [-0.39, 0.29) is 5.75 Å². The Morgan fingerprint density at radius 3 is 2.00 bits per heavy atom. The molecule has 1 heterocycles. The van der Waals surface area contributed by atoms with Gasteiger partial charge in [0.15, 0.2) is 6.17 Å². The predicted molar refractivity (Wildman–Crippen MR) is 125 cm³/mol. The van der Waals surface area contributed by atoms with Crippen LogP contribution < -0.4 is 10.1 Å². The van der Waals surface area contributed by atoms with Gasteiger partial charge in [-0.1, -0.05) is 47.5 Å². The van der Waals surface area contributed by atoms with Crippen LogP contribution in [-0.2, 0) is 0 Å². The lowest BCUT2D eigenvalue weighted by molar-refractivity contribution is 0.407. The highest BCUT2D eigenvalue weighted by Crippen LogP contribution is 2.30. The Labute approximate surface area is 183 Å². The van der Waals surface area contributed by atoms with Crippen molar-refractivity contribution in [2.75, 3.05) is 7.11 Å². The second-order valence-corrected chi connectivity index (χ2v) is 8.02. The van der Waals surface area contributed by atoms with Gasteiger partial charge < -0.3 is 15.2 Å². The third-order valence-corrected chi connectivity index (χ3v) is 5.54. The van der Waals surface area contributed by atoms with Gasteiger partial charge in [0.25, 0.3) is 0 Å². The van der Waals surface area contributed by atoms with E-state index in [1.165, 1.54) is 11.1 Å². The van der Waals surface area contributed by atoms with Gasteiger partial charge in [-0.15, -0.1) is 0 Å². The number of methoxy groups -OCH3 is 1. The highest BCUT2D eigenvalue weighted by Gasteiger charge is 2.24. The number of nitrogens with one attached hydrogen (secondary N) is 1. The lowest BCUT2D eigenvalue weighted by Gasteiger charge is -2.24. The van der Waals surface area contributed by atoms with Gasteiger partial charge in [-0.2, -0.15) is 0 Å². The van der Waals surface area contributed by atoms with E-state index in [0.29, 0.717) is 17.1 Å². The van der Waals surface area contributed by atoms with E-state index in [9.17, 15) is 5.11 Å². The molecule has 0 saturated heterocycles. The maximum atomic E-state index is 10.6. The number of hydrogen-bond donors (Lipinski definition) is 2. The fourth-order valence-electron chi connectivity index (χ4n) is 3.90. The third-order valence-electron chi connectivity index (χ3n) is 5.54. The molecule has 0 radical (unpaired) electrons. The van der Waals surface area contributed by atoms with E-state index >= 15 is 0 Å². The first-order valence-corrected chi connectivity index (χ1v) is 10.3. The molecule has 0 saturated carbocycles. The first-order valence-electron chi connectivity index (χ1n) is 10.3. The van der Waals surface area contributed by atoms with E-state index in [1.807, 2.05) is 12.1 Å². The molecule has 0 bridgehead atoms. The van der Waals surface area contributed by atoms with Crippen LogP contribution in [0.4, 0.5) is 0 Å². The van der Waals surface area contributed by atoms with Gasteiger partial charge in [-0.05, 0) is 51.0 Å². The molecule has 3 aromatic carbocycles. The fourth-order valence-corrected chi connectivity index (χ4v) is 3.90. The van der Waals surface area contributed by atoms with E-state index in [0.717, 1.165) is 28.1 Å². The Morgan fingerprint density at radius 2 is 1.39 bits per heavy atom. The average Bonchev–Trinajstić information content (AvgIpc) is 2.73. The normalized spacial score (nSPS) is 15.7. The third kappa shape index (κ3) is 4.17. The molecule has 4 rings (SSSR count). The molecule has 0 fully saturated rings. The molecule has 31 heavy (non-hydrogen) atoms. The zero-order valence-corrected chi connectivity index (χ0v) is 18.5. The second kappa shape index (κ2) is 8.26. The summed E-state index contributed by atoms with van der Waals surface area (Å²) >= 11 is 0. The molecule has 2 N–H and O–H groups in total. The van der Waals surface area contributed by atoms with Crippen LogP contribution in [0.5, 0.6) is 11.5 Å². The topological polar surface area (TPSA) is 66.2 Å². The van der Waals surface area contributed by atoms with Crippen molar-refractivity contribution in [3.8, 4) is 11.5 Å². The highest BCUT2D eigenvalue weighted by atomic mass is 16.5. The molecule has 1 atom stereocenters. The Kier molecular flexibility index (Phi) is 5.51. The number of aromatic hydroxyl groups is 1. The molecule has 1 aliphatic heterocycles. The minimum Gasteiger partial charge on any atom is -0.507 e. The first-order chi connectivity index (χ1) is 14.9. The SMILES string of the molecule is COc1ccc(C2=NC(c3ccc(C)cc3C)N=C(c3ccc(C)cc3C)N2)c(O)c1. The van der Waals surface area contributed by atoms with Crippen LogP contribution >= 0.6 is 0 Å². The zero-order valence-electron chi connectivity index (χ0n) is 18.5. The number of ether oxygens (including phenoxy) is 1. The predicted octanol–water partition coefficient (Wildman–Crippen LogP) is 5.13. The summed E-state index contributed by atoms with van der Waals surface area (Å²) in [6, 6.07) is 17.8. The number of aliphatic imine (C=N–C) groups is 2. The van der Waals surface area contributed by atoms with Crippen molar-refractivity contribution in [2.24, 2.45) is 9.98 Å². The minimum atomic E-state index is -0.408. The van der Waals surface area contributed by atoms with E-state index in [1.54, 1.807) is 13.2 Å². The van der Waals surface area contributed by atoms with Crippen molar-refractivity contribution in [2.45, 2.75) is 33.9 Å². The van der Waals surface area contributed by atoms with Gasteiger partial charge in [0.2, 0.25) is 0 Å². The monoisotopic (exact) mass is 413 g/mol. The van der Waals surface area contributed by atoms with E-state index < -0.39 is 6.17 Å². The van der Waals surface area contributed by atoms with Crippen LogP contribution in [0.1, 0.15) is 45.1 Å². The van der Waals surface area contributed by atoms with Crippen LogP contribution in [0.25, 0.3) is 0 Å². The summed E-state index contributed by atoms with van der Waals surface area (Å²) in [7, 11) is 1.58. The molecule has 0 aliphatic carbocycles. The number of phenolic OH excluding ortho intramolecular Hbond substituents is 1. The highest BCUT2D eigenvalue weighted by molar-refractivity contribution is 6.17. The van der Waals surface area contributed by atoms with Crippen LogP contribution in [0.15, 0.2) is 64.6 Å². The Morgan fingerprint density at radius 1 is 0.774 bits per heavy atom. The van der Waals surface area contributed by atoms with Crippen molar-refractivity contribution >= 4 is 11.7 Å². The lowest BCUT2D eigenvalue weighted by Crippen LogP contribution is -2.36. The van der Waals surface area contributed by atoms with Gasteiger partial charge >= 0.3 is 0 Å². The maximum absolute atomic E-state index is 10.6. The van der Waals surface area contributed by atoms with Gasteiger partial charge in [0.05, 0.1) is 12.7 Å². The molecule has 3 aromatic rings. The standard InChI is InChI=1S/C26H27N3O2/c1-15-6-9-20(17(3)12-15)24-27-25(21-10-7-16(2)13-18(21)4)29-26(28-24)22-11-8-19(31-5)14-23(22)30/h6-14,24,30H,1-5H3,(H,27,28,29). The molecule has 0 amide bonds. The van der Waals surface area contributed by atoms with Crippen molar-refractivity contribution in [3.05, 3.63) is 93.5 Å². The average molecular weight is 414 g/mol. The number of hydrogen-bond acceptors (Lipinski definition) is 5. The van der Waals surface area contributed by atoms with Gasteiger partial charge in [-0.25, -0.2) is 9.98 Å². The number of benzene rings is 3. The van der Waals surface area contributed by atoms with Crippen molar-refractivity contribution < 1.29 is 9.84 Å². The molecular formula is C26H27N3O2. The molecule has 1 aliphatic rings. The van der Waals surface area contributed by atoms with Crippen LogP contribution in [0, 0.1) is 27.7 Å². The molecule has 1 unspecified atom stereocenters. The van der Waals surface area contributed by atoms with E-state index in [4.69, 9.17) is 14.7 Å². The quantitative estimate of drug-likeness (QED) is 0.623. The molecule has 5 nitrogen and oxygen atoms in total. The Hall–Kier alpha value is -3.60. The summed E-state index contributed by atoms with van der Waals surface area (Å²) in [5, 5.41) is 14.0. The van der Waals surface area contributed by atoms with Crippen LogP contribution in [-0.4, -0.2) is 23.9 Å². The summed E-state index contributed by atoms with van der Waals surface area (Å²) in [5.41, 5.74) is 7.33. The van der Waals surface area contributed by atoms with E-state index in [2.05, 4.69) is 69.4 Å². The fraction of sp³-hybridized carbons (Fsp3) is 0.231. The largest absolute Gasteiger partial charge is 0.507 e. The Bertz CT molecular complexity index is 1210. The maximum Gasteiger partial charge on any atom is 0.170 e. The van der Waals surface area contributed by atoms with Gasteiger partial charge in [0, 0.05) is 17.2 Å². The Balaban J connectivity index is 1.85. The number of nitrogens with zero attached hydrogens (tertiary/aromatic N) is 2. The molecular weight excluding hydrogens is 386 g/mol.